The molecule has 0 aliphatic carbocycles. The summed E-state index contributed by atoms with van der Waals surface area (Å²) >= 11 is 5.95. The minimum Gasteiger partial charge on any atom is -0.340 e. The van der Waals surface area contributed by atoms with E-state index < -0.39 is 20.8 Å². The molecule has 1 amide bonds. The number of sulfonamides is 1. The number of rotatable bonds is 5. The van der Waals surface area contributed by atoms with E-state index in [0.29, 0.717) is 0 Å². The van der Waals surface area contributed by atoms with Crippen molar-refractivity contribution in [3.63, 3.8) is 0 Å². The molecule has 2 aromatic rings. The van der Waals surface area contributed by atoms with Crippen LogP contribution in [0.15, 0.2) is 47.4 Å². The summed E-state index contributed by atoms with van der Waals surface area (Å²) in [5.74, 6) is -0.929. The van der Waals surface area contributed by atoms with Gasteiger partial charge in [-0.2, -0.15) is 4.31 Å². The number of nitro benzene ring substituents is 1. The second kappa shape index (κ2) is 8.44. The molecule has 0 bridgehead atoms. The molecule has 1 fully saturated rings. The van der Waals surface area contributed by atoms with Gasteiger partial charge in [-0.3, -0.25) is 14.9 Å². The van der Waals surface area contributed by atoms with Crippen LogP contribution in [0.1, 0.15) is 5.56 Å². The largest absolute Gasteiger partial charge is 0.340 e. The molecule has 0 spiro atoms. The van der Waals surface area contributed by atoms with E-state index in [1.165, 1.54) is 45.6 Å². The average Bonchev–Trinajstić information content (AvgIpc) is 2.71. The summed E-state index contributed by atoms with van der Waals surface area (Å²) in [6.07, 6.45) is -0.219. The number of non-ortho nitro benzene ring substituents is 1. The maximum atomic E-state index is 13.9. The Kier molecular flexibility index (Phi) is 6.15. The number of halogens is 2. The van der Waals surface area contributed by atoms with Gasteiger partial charge in [0.25, 0.3) is 5.69 Å². The van der Waals surface area contributed by atoms with E-state index in [4.69, 9.17) is 11.6 Å². The molecule has 0 unspecified atom stereocenters. The second-order valence-electron chi connectivity index (χ2n) is 6.42. The van der Waals surface area contributed by atoms with Crippen molar-refractivity contribution >= 4 is 33.2 Å². The van der Waals surface area contributed by atoms with Crippen LogP contribution in [0.4, 0.5) is 10.1 Å². The number of carbonyl (C=O) groups excluding carboxylic acids is 1. The quantitative estimate of drug-likeness (QED) is 0.524. The molecule has 1 saturated heterocycles. The summed E-state index contributed by atoms with van der Waals surface area (Å²) in [4.78, 5) is 24.0. The fraction of sp³-hybridized carbons (Fsp3) is 0.278. The summed E-state index contributed by atoms with van der Waals surface area (Å²) < 4.78 is 40.6. The highest BCUT2D eigenvalue weighted by Crippen LogP contribution is 2.23. The first-order chi connectivity index (χ1) is 13.7. The van der Waals surface area contributed by atoms with Gasteiger partial charge in [0.05, 0.1) is 16.2 Å². The van der Waals surface area contributed by atoms with E-state index in [1.807, 2.05) is 0 Å². The summed E-state index contributed by atoms with van der Waals surface area (Å²) in [5, 5.41) is 11.0. The number of amides is 1. The maximum absolute atomic E-state index is 13.9. The van der Waals surface area contributed by atoms with E-state index in [2.05, 4.69) is 0 Å². The molecule has 0 radical (unpaired) electrons. The number of benzene rings is 2. The van der Waals surface area contributed by atoms with Gasteiger partial charge in [0, 0.05) is 48.9 Å². The van der Waals surface area contributed by atoms with Gasteiger partial charge in [0.2, 0.25) is 15.9 Å². The summed E-state index contributed by atoms with van der Waals surface area (Å²) in [7, 11) is -3.93. The summed E-state index contributed by atoms with van der Waals surface area (Å²) in [6, 6.07) is 8.98. The van der Waals surface area contributed by atoms with E-state index in [0.717, 1.165) is 6.07 Å². The van der Waals surface area contributed by atoms with E-state index in [-0.39, 0.29) is 59.7 Å². The lowest BCUT2D eigenvalue weighted by atomic mass is 10.1. The highest BCUT2D eigenvalue weighted by atomic mass is 35.5. The van der Waals surface area contributed by atoms with Crippen LogP contribution in [-0.2, 0) is 21.2 Å². The van der Waals surface area contributed by atoms with Crippen LogP contribution >= 0.6 is 11.6 Å². The van der Waals surface area contributed by atoms with Crippen molar-refractivity contribution in [3.05, 3.63) is 69.0 Å². The van der Waals surface area contributed by atoms with Crippen molar-refractivity contribution in [1.82, 2.24) is 9.21 Å². The zero-order chi connectivity index (χ0) is 21.2. The van der Waals surface area contributed by atoms with Gasteiger partial charge in [0.15, 0.2) is 0 Å². The van der Waals surface area contributed by atoms with Crippen LogP contribution in [0, 0.1) is 15.9 Å². The Morgan fingerprint density at radius 2 is 1.79 bits per heavy atom. The Bertz CT molecular complexity index is 1030. The van der Waals surface area contributed by atoms with Crippen molar-refractivity contribution in [2.75, 3.05) is 26.2 Å². The predicted octanol–water partition coefficient (Wildman–Crippen LogP) is 2.46. The van der Waals surface area contributed by atoms with Gasteiger partial charge < -0.3 is 4.90 Å². The monoisotopic (exact) mass is 441 g/mol. The molecule has 29 heavy (non-hydrogen) atoms. The maximum Gasteiger partial charge on any atom is 0.270 e. The Balaban J connectivity index is 1.67. The predicted molar refractivity (Wildman–Crippen MR) is 104 cm³/mol. The van der Waals surface area contributed by atoms with Crippen molar-refractivity contribution in [2.24, 2.45) is 0 Å². The molecule has 0 N–H and O–H groups in total. The van der Waals surface area contributed by atoms with Crippen molar-refractivity contribution < 1.29 is 22.5 Å². The molecule has 3 rings (SSSR count). The fourth-order valence-corrected chi connectivity index (χ4v) is 4.74. The Morgan fingerprint density at radius 1 is 1.14 bits per heavy atom. The summed E-state index contributed by atoms with van der Waals surface area (Å²) in [6.45, 7) is 0.307. The number of carbonyl (C=O) groups is 1. The zero-order valence-corrected chi connectivity index (χ0v) is 16.7. The lowest BCUT2D eigenvalue weighted by Crippen LogP contribution is -2.50. The van der Waals surface area contributed by atoms with Gasteiger partial charge in [-0.05, 0) is 18.2 Å². The molecule has 1 aliphatic heterocycles. The third kappa shape index (κ3) is 4.55. The minimum absolute atomic E-state index is 0.0295. The molecular weight excluding hydrogens is 425 g/mol. The van der Waals surface area contributed by atoms with Crippen molar-refractivity contribution in [2.45, 2.75) is 11.3 Å². The van der Waals surface area contributed by atoms with Crippen LogP contribution in [0.3, 0.4) is 0 Å². The molecule has 154 valence electrons. The molecule has 1 heterocycles. The van der Waals surface area contributed by atoms with Crippen LogP contribution in [0.2, 0.25) is 5.02 Å². The molecule has 0 aromatic heterocycles. The normalized spacial score (nSPS) is 15.3. The van der Waals surface area contributed by atoms with Gasteiger partial charge >= 0.3 is 0 Å². The van der Waals surface area contributed by atoms with Gasteiger partial charge in [-0.1, -0.05) is 23.7 Å². The molecule has 0 saturated carbocycles. The first-order valence-electron chi connectivity index (χ1n) is 8.65. The standard InChI is InChI=1S/C18H17ClFN3O5S/c19-16-5-2-6-17(20)15(16)12-18(24)21-7-9-22(10-8-21)29(27,28)14-4-1-3-13(11-14)23(25)26/h1-6,11H,7-10,12H2. The van der Waals surface area contributed by atoms with Crippen LogP contribution in [0.25, 0.3) is 0 Å². The van der Waals surface area contributed by atoms with Crippen molar-refractivity contribution in [3.8, 4) is 0 Å². The number of piperazine rings is 1. The number of hydrogen-bond acceptors (Lipinski definition) is 5. The van der Waals surface area contributed by atoms with Gasteiger partial charge in [-0.25, -0.2) is 12.8 Å². The first-order valence-corrected chi connectivity index (χ1v) is 10.5. The lowest BCUT2D eigenvalue weighted by Gasteiger charge is -2.34. The smallest absolute Gasteiger partial charge is 0.270 e. The highest BCUT2D eigenvalue weighted by molar-refractivity contribution is 7.89. The lowest BCUT2D eigenvalue weighted by molar-refractivity contribution is -0.385. The van der Waals surface area contributed by atoms with Crippen LogP contribution in [0.5, 0.6) is 0 Å². The molecule has 0 atom stereocenters. The fourth-order valence-electron chi connectivity index (χ4n) is 3.05. The number of nitro groups is 1. The third-order valence-corrected chi connectivity index (χ3v) is 6.90. The highest BCUT2D eigenvalue weighted by Gasteiger charge is 2.31. The van der Waals surface area contributed by atoms with Gasteiger partial charge in [-0.15, -0.1) is 0 Å². The Morgan fingerprint density at radius 3 is 2.41 bits per heavy atom. The zero-order valence-electron chi connectivity index (χ0n) is 15.1. The number of hydrogen-bond donors (Lipinski definition) is 0. The van der Waals surface area contributed by atoms with Gasteiger partial charge in [0.1, 0.15) is 5.82 Å². The molecule has 2 aromatic carbocycles. The topological polar surface area (TPSA) is 101 Å². The Hall–Kier alpha value is -2.56. The Labute approximate surface area is 171 Å². The van der Waals surface area contributed by atoms with E-state index in [9.17, 15) is 27.7 Å². The second-order valence-corrected chi connectivity index (χ2v) is 8.76. The average molecular weight is 442 g/mol. The summed E-state index contributed by atoms with van der Waals surface area (Å²) in [5.41, 5.74) is -0.215. The minimum atomic E-state index is -3.93. The molecule has 11 heteroatoms. The molecule has 1 aliphatic rings. The third-order valence-electron chi connectivity index (χ3n) is 4.65. The SMILES string of the molecule is O=C(Cc1c(F)cccc1Cl)N1CCN(S(=O)(=O)c2cccc([N+](=O)[O-])c2)CC1. The molecule has 8 nitrogen and oxygen atoms in total. The van der Waals surface area contributed by atoms with Crippen LogP contribution < -0.4 is 0 Å². The van der Waals surface area contributed by atoms with E-state index >= 15 is 0 Å². The van der Waals surface area contributed by atoms with Crippen molar-refractivity contribution in [1.29, 1.82) is 0 Å². The molecular formula is C18H17ClFN3O5S. The van der Waals surface area contributed by atoms with E-state index in [1.54, 1.807) is 0 Å². The van der Waals surface area contributed by atoms with Crippen LogP contribution in [-0.4, -0.2) is 54.6 Å². The first kappa shape index (κ1) is 21.2. The number of nitrogens with zero attached hydrogens (tertiary/aromatic N) is 3.